The van der Waals surface area contributed by atoms with Gasteiger partial charge in [0, 0.05) is 5.54 Å². The molecule has 3 aliphatic rings. The molecule has 3 saturated carbocycles. The first-order valence-corrected chi connectivity index (χ1v) is 7.86. The molecule has 0 amide bonds. The van der Waals surface area contributed by atoms with E-state index in [0.717, 1.165) is 17.9 Å². The zero-order chi connectivity index (χ0) is 14.8. The first-order chi connectivity index (χ1) is 9.89. The molecule has 5 unspecified atom stereocenters. The SMILES string of the molecule is NC1(c2ccc(C(F)(F)F)cc2)CC2CC1C1CCCC21. The van der Waals surface area contributed by atoms with E-state index in [-0.39, 0.29) is 0 Å². The Hall–Kier alpha value is -1.03. The Kier molecular flexibility index (Phi) is 2.76. The molecule has 3 aliphatic carbocycles. The summed E-state index contributed by atoms with van der Waals surface area (Å²) >= 11 is 0. The minimum Gasteiger partial charge on any atom is -0.321 e. The largest absolute Gasteiger partial charge is 0.416 e. The minimum absolute atomic E-state index is 0.402. The van der Waals surface area contributed by atoms with E-state index < -0.39 is 17.3 Å². The van der Waals surface area contributed by atoms with Crippen LogP contribution in [-0.2, 0) is 11.7 Å². The van der Waals surface area contributed by atoms with Crippen LogP contribution < -0.4 is 5.73 Å². The van der Waals surface area contributed by atoms with Crippen molar-refractivity contribution in [3.8, 4) is 0 Å². The minimum atomic E-state index is -4.27. The fraction of sp³-hybridized carbons (Fsp3) is 0.647. The molecule has 114 valence electrons. The van der Waals surface area contributed by atoms with E-state index in [1.54, 1.807) is 12.1 Å². The van der Waals surface area contributed by atoms with Crippen LogP contribution in [0.3, 0.4) is 0 Å². The fourth-order valence-electron chi connectivity index (χ4n) is 5.49. The Bertz CT molecular complexity index is 550. The Morgan fingerprint density at radius 1 is 1.05 bits per heavy atom. The fourth-order valence-corrected chi connectivity index (χ4v) is 5.49. The van der Waals surface area contributed by atoms with Gasteiger partial charge in [-0.05, 0) is 67.1 Å². The molecular weight excluding hydrogens is 275 g/mol. The number of alkyl halides is 3. The van der Waals surface area contributed by atoms with Crippen LogP contribution >= 0.6 is 0 Å². The average molecular weight is 295 g/mol. The topological polar surface area (TPSA) is 26.0 Å². The molecular formula is C17H20F3N. The van der Waals surface area contributed by atoms with Gasteiger partial charge in [-0.1, -0.05) is 18.6 Å². The van der Waals surface area contributed by atoms with Crippen molar-refractivity contribution < 1.29 is 13.2 Å². The van der Waals surface area contributed by atoms with Crippen molar-refractivity contribution in [2.24, 2.45) is 29.4 Å². The van der Waals surface area contributed by atoms with E-state index in [1.807, 2.05) is 0 Å². The number of hydrogen-bond donors (Lipinski definition) is 1. The van der Waals surface area contributed by atoms with Gasteiger partial charge in [0.05, 0.1) is 5.56 Å². The molecule has 1 aromatic carbocycles. The van der Waals surface area contributed by atoms with Gasteiger partial charge in [0.15, 0.2) is 0 Å². The number of halogens is 3. The van der Waals surface area contributed by atoms with Crippen LogP contribution in [0.2, 0.25) is 0 Å². The average Bonchev–Trinajstić information content (AvgIpc) is 3.09. The summed E-state index contributed by atoms with van der Waals surface area (Å²) in [6.45, 7) is 0. The lowest BCUT2D eigenvalue weighted by Crippen LogP contribution is -2.46. The highest BCUT2D eigenvalue weighted by molar-refractivity contribution is 5.33. The molecule has 21 heavy (non-hydrogen) atoms. The Morgan fingerprint density at radius 2 is 1.71 bits per heavy atom. The Labute approximate surface area is 122 Å². The van der Waals surface area contributed by atoms with Gasteiger partial charge < -0.3 is 5.73 Å². The molecule has 0 saturated heterocycles. The summed E-state index contributed by atoms with van der Waals surface area (Å²) in [6.07, 6.45) is 1.73. The van der Waals surface area contributed by atoms with Crippen molar-refractivity contribution >= 4 is 0 Å². The van der Waals surface area contributed by atoms with Crippen LogP contribution in [-0.4, -0.2) is 0 Å². The maximum atomic E-state index is 12.7. The monoisotopic (exact) mass is 295 g/mol. The summed E-state index contributed by atoms with van der Waals surface area (Å²) in [5.41, 5.74) is 6.61. The van der Waals surface area contributed by atoms with Gasteiger partial charge in [-0.25, -0.2) is 0 Å². The normalized spacial score (nSPS) is 41.5. The summed E-state index contributed by atoms with van der Waals surface area (Å²) < 4.78 is 38.1. The molecule has 2 N–H and O–H groups in total. The predicted molar refractivity (Wildman–Crippen MR) is 74.4 cm³/mol. The second-order valence-electron chi connectivity index (χ2n) is 7.18. The van der Waals surface area contributed by atoms with E-state index >= 15 is 0 Å². The van der Waals surface area contributed by atoms with Crippen molar-refractivity contribution in [1.82, 2.24) is 0 Å². The number of rotatable bonds is 1. The molecule has 0 heterocycles. The number of fused-ring (bicyclic) bond motifs is 5. The standard InChI is InChI=1S/C17H20F3N/c18-17(19,20)12-6-4-11(5-7-12)16(21)9-10-8-15(16)14-3-1-2-13(10)14/h4-7,10,13-15H,1-3,8-9,21H2. The zero-order valence-corrected chi connectivity index (χ0v) is 11.9. The summed E-state index contributed by atoms with van der Waals surface area (Å²) in [5, 5.41) is 0. The third-order valence-corrected chi connectivity index (χ3v) is 6.32. The van der Waals surface area contributed by atoms with E-state index in [4.69, 9.17) is 5.73 Å². The van der Waals surface area contributed by atoms with Gasteiger partial charge in [0.25, 0.3) is 0 Å². The van der Waals surface area contributed by atoms with Gasteiger partial charge in [-0.15, -0.1) is 0 Å². The summed E-state index contributed by atoms with van der Waals surface area (Å²) in [5.74, 6) is 2.69. The first kappa shape index (κ1) is 13.6. The molecule has 5 atom stereocenters. The molecule has 4 rings (SSSR count). The molecule has 0 aromatic heterocycles. The van der Waals surface area contributed by atoms with Gasteiger partial charge in [0.1, 0.15) is 0 Å². The van der Waals surface area contributed by atoms with E-state index in [2.05, 4.69) is 0 Å². The summed E-state index contributed by atoms with van der Waals surface area (Å²) in [4.78, 5) is 0. The molecule has 0 aliphatic heterocycles. The second-order valence-corrected chi connectivity index (χ2v) is 7.18. The van der Waals surface area contributed by atoms with Crippen LogP contribution in [0, 0.1) is 23.7 Å². The Balaban J connectivity index is 1.65. The molecule has 0 spiro atoms. The van der Waals surface area contributed by atoms with E-state index in [0.29, 0.717) is 17.8 Å². The number of nitrogens with two attached hydrogens (primary N) is 1. The lowest BCUT2D eigenvalue weighted by atomic mass is 9.68. The number of hydrogen-bond acceptors (Lipinski definition) is 1. The van der Waals surface area contributed by atoms with Crippen LogP contribution in [0.4, 0.5) is 13.2 Å². The van der Waals surface area contributed by atoms with E-state index in [1.165, 1.54) is 37.8 Å². The van der Waals surface area contributed by atoms with Crippen LogP contribution in [0.5, 0.6) is 0 Å². The summed E-state index contributed by atoms with van der Waals surface area (Å²) in [7, 11) is 0. The van der Waals surface area contributed by atoms with Gasteiger partial charge in [0.2, 0.25) is 0 Å². The van der Waals surface area contributed by atoms with Crippen LogP contribution in [0.1, 0.15) is 43.2 Å². The second kappa shape index (κ2) is 4.25. The molecule has 1 nitrogen and oxygen atoms in total. The van der Waals surface area contributed by atoms with Crippen molar-refractivity contribution in [3.05, 3.63) is 35.4 Å². The summed E-state index contributed by atoms with van der Waals surface area (Å²) in [6, 6.07) is 5.57. The molecule has 4 heteroatoms. The lowest BCUT2D eigenvalue weighted by molar-refractivity contribution is -0.137. The highest BCUT2D eigenvalue weighted by Crippen LogP contribution is 2.64. The molecule has 2 bridgehead atoms. The molecule has 1 aromatic rings. The van der Waals surface area contributed by atoms with Gasteiger partial charge >= 0.3 is 6.18 Å². The Morgan fingerprint density at radius 3 is 2.38 bits per heavy atom. The van der Waals surface area contributed by atoms with Crippen LogP contribution in [0.15, 0.2) is 24.3 Å². The zero-order valence-electron chi connectivity index (χ0n) is 11.9. The highest BCUT2D eigenvalue weighted by atomic mass is 19.4. The van der Waals surface area contributed by atoms with Crippen molar-refractivity contribution in [1.29, 1.82) is 0 Å². The maximum absolute atomic E-state index is 12.7. The van der Waals surface area contributed by atoms with Crippen molar-refractivity contribution in [2.45, 2.75) is 43.8 Å². The van der Waals surface area contributed by atoms with Gasteiger partial charge in [-0.2, -0.15) is 13.2 Å². The molecule has 3 fully saturated rings. The van der Waals surface area contributed by atoms with Crippen molar-refractivity contribution in [2.75, 3.05) is 0 Å². The highest BCUT2D eigenvalue weighted by Gasteiger charge is 2.59. The maximum Gasteiger partial charge on any atom is 0.416 e. The molecule has 0 radical (unpaired) electrons. The van der Waals surface area contributed by atoms with E-state index in [9.17, 15) is 13.2 Å². The lowest BCUT2D eigenvalue weighted by Gasteiger charge is -2.40. The quantitative estimate of drug-likeness (QED) is 0.820. The first-order valence-electron chi connectivity index (χ1n) is 7.86. The van der Waals surface area contributed by atoms with Gasteiger partial charge in [-0.3, -0.25) is 0 Å². The number of benzene rings is 1. The van der Waals surface area contributed by atoms with Crippen molar-refractivity contribution in [3.63, 3.8) is 0 Å². The predicted octanol–water partition coefficient (Wildman–Crippen LogP) is 4.32. The third-order valence-electron chi connectivity index (χ3n) is 6.32. The third kappa shape index (κ3) is 1.88. The van der Waals surface area contributed by atoms with Crippen LogP contribution in [0.25, 0.3) is 0 Å². The smallest absolute Gasteiger partial charge is 0.321 e.